The highest BCUT2D eigenvalue weighted by Crippen LogP contribution is 2.38. The topological polar surface area (TPSA) is 26.3 Å². The van der Waals surface area contributed by atoms with E-state index >= 15 is 0 Å². The van der Waals surface area contributed by atoms with Gasteiger partial charge in [0.1, 0.15) is 5.60 Å². The number of carbonyl (C=O) groups is 1. The van der Waals surface area contributed by atoms with Gasteiger partial charge < -0.3 is 4.74 Å². The molecule has 0 heterocycles. The summed E-state index contributed by atoms with van der Waals surface area (Å²) in [5.41, 5.74) is -0.0212. The van der Waals surface area contributed by atoms with Crippen LogP contribution in [0.4, 0.5) is 0 Å². The Balaban J connectivity index is 4.64. The second-order valence-electron chi connectivity index (χ2n) is 5.33. The molecule has 1 atom stereocenters. The van der Waals surface area contributed by atoms with E-state index in [9.17, 15) is 4.79 Å². The molecule has 96 valence electrons. The average Bonchev–Trinajstić information content (AvgIpc) is 2.28. The highest BCUT2D eigenvalue weighted by Gasteiger charge is 2.34. The van der Waals surface area contributed by atoms with Gasteiger partial charge in [-0.05, 0) is 25.2 Å². The van der Waals surface area contributed by atoms with Gasteiger partial charge in [-0.25, -0.2) is 0 Å². The molecular weight excluding hydrogens is 200 g/mol. The fraction of sp³-hybridized carbons (Fsp3) is 0.929. The quantitative estimate of drug-likeness (QED) is 0.606. The first-order chi connectivity index (χ1) is 7.34. The van der Waals surface area contributed by atoms with Crippen molar-refractivity contribution in [3.8, 4) is 0 Å². The third kappa shape index (κ3) is 4.54. The van der Waals surface area contributed by atoms with Gasteiger partial charge in [0.15, 0.2) is 0 Å². The highest BCUT2D eigenvalue weighted by atomic mass is 16.6. The minimum absolute atomic E-state index is 0.0843. The second-order valence-corrected chi connectivity index (χ2v) is 5.33. The van der Waals surface area contributed by atoms with Gasteiger partial charge in [0.25, 0.3) is 0 Å². The summed E-state index contributed by atoms with van der Waals surface area (Å²) in [5.74, 6) is -0.0843. The maximum absolute atomic E-state index is 11.4. The van der Waals surface area contributed by atoms with Crippen LogP contribution in [-0.4, -0.2) is 11.6 Å². The summed E-state index contributed by atoms with van der Waals surface area (Å²) in [4.78, 5) is 11.4. The van der Waals surface area contributed by atoms with Crippen LogP contribution in [0.15, 0.2) is 0 Å². The summed E-state index contributed by atoms with van der Waals surface area (Å²) in [7, 11) is 0. The van der Waals surface area contributed by atoms with Crippen molar-refractivity contribution in [2.24, 2.45) is 5.41 Å². The van der Waals surface area contributed by atoms with Gasteiger partial charge in [-0.15, -0.1) is 0 Å². The van der Waals surface area contributed by atoms with Gasteiger partial charge in [-0.1, -0.05) is 47.5 Å². The first kappa shape index (κ1) is 15.5. The first-order valence-electron chi connectivity index (χ1n) is 6.56. The van der Waals surface area contributed by atoms with Crippen molar-refractivity contribution in [3.63, 3.8) is 0 Å². The predicted molar refractivity (Wildman–Crippen MR) is 68.4 cm³/mol. The number of carbonyl (C=O) groups excluding carboxylic acids is 1. The fourth-order valence-corrected chi connectivity index (χ4v) is 1.98. The number of hydrogen-bond acceptors (Lipinski definition) is 2. The van der Waals surface area contributed by atoms with Crippen LogP contribution in [0, 0.1) is 5.41 Å². The predicted octanol–water partition coefficient (Wildman–Crippen LogP) is 4.32. The van der Waals surface area contributed by atoms with E-state index in [1.165, 1.54) is 0 Å². The Hall–Kier alpha value is -0.530. The summed E-state index contributed by atoms with van der Waals surface area (Å²) in [5, 5.41) is 0. The molecule has 0 rings (SSSR count). The Morgan fingerprint density at radius 2 is 1.50 bits per heavy atom. The normalized spacial score (nSPS) is 15.6. The van der Waals surface area contributed by atoms with Crippen LogP contribution in [0.3, 0.4) is 0 Å². The molecule has 2 heteroatoms. The van der Waals surface area contributed by atoms with E-state index in [4.69, 9.17) is 4.74 Å². The molecule has 1 unspecified atom stereocenters. The number of esters is 1. The molecule has 2 nitrogen and oxygen atoms in total. The van der Waals surface area contributed by atoms with Crippen LogP contribution in [0.5, 0.6) is 0 Å². The van der Waals surface area contributed by atoms with E-state index in [1.54, 1.807) is 0 Å². The molecule has 0 amide bonds. The van der Waals surface area contributed by atoms with Crippen LogP contribution < -0.4 is 0 Å². The Labute approximate surface area is 101 Å². The van der Waals surface area contributed by atoms with Crippen molar-refractivity contribution in [2.45, 2.75) is 79.2 Å². The minimum Gasteiger partial charge on any atom is -0.459 e. The van der Waals surface area contributed by atoms with Crippen LogP contribution >= 0.6 is 0 Å². The standard InChI is InChI=1S/C14H28O2/c1-7-12(15)16-14(6,10-4)11-13(5,8-2)9-3/h7-11H2,1-6H3. The van der Waals surface area contributed by atoms with Crippen molar-refractivity contribution >= 4 is 5.97 Å². The number of ether oxygens (including phenoxy) is 1. The maximum Gasteiger partial charge on any atom is 0.306 e. The van der Waals surface area contributed by atoms with Gasteiger partial charge in [0.05, 0.1) is 0 Å². The maximum atomic E-state index is 11.4. The zero-order valence-electron chi connectivity index (χ0n) is 11.9. The van der Waals surface area contributed by atoms with E-state index in [1.807, 2.05) is 6.92 Å². The number of rotatable bonds is 7. The van der Waals surface area contributed by atoms with Crippen LogP contribution in [0.2, 0.25) is 0 Å². The van der Waals surface area contributed by atoms with E-state index in [2.05, 4.69) is 34.6 Å². The largest absolute Gasteiger partial charge is 0.459 e. The molecule has 0 bridgehead atoms. The molecular formula is C14H28O2. The smallest absolute Gasteiger partial charge is 0.306 e. The average molecular weight is 228 g/mol. The van der Waals surface area contributed by atoms with Gasteiger partial charge in [-0.3, -0.25) is 4.79 Å². The summed E-state index contributed by atoms with van der Waals surface area (Å²) >= 11 is 0. The van der Waals surface area contributed by atoms with Crippen molar-refractivity contribution in [1.29, 1.82) is 0 Å². The molecule has 0 saturated carbocycles. The molecule has 0 aliphatic rings. The second kappa shape index (κ2) is 6.27. The third-order valence-corrected chi connectivity index (χ3v) is 3.90. The molecule has 0 spiro atoms. The van der Waals surface area contributed by atoms with Crippen LogP contribution in [-0.2, 0) is 9.53 Å². The molecule has 0 aromatic carbocycles. The molecule has 0 radical (unpaired) electrons. The summed E-state index contributed by atoms with van der Waals surface area (Å²) in [6, 6.07) is 0. The Morgan fingerprint density at radius 1 is 1.00 bits per heavy atom. The molecule has 0 saturated heterocycles. The molecule has 0 fully saturated rings. The van der Waals surface area contributed by atoms with Gasteiger partial charge in [-0.2, -0.15) is 0 Å². The molecule has 0 aromatic heterocycles. The fourth-order valence-electron chi connectivity index (χ4n) is 1.98. The van der Waals surface area contributed by atoms with E-state index in [0.29, 0.717) is 6.42 Å². The van der Waals surface area contributed by atoms with E-state index < -0.39 is 0 Å². The molecule has 0 aliphatic heterocycles. The van der Waals surface area contributed by atoms with Gasteiger partial charge in [0, 0.05) is 6.42 Å². The summed E-state index contributed by atoms with van der Waals surface area (Å²) in [6.45, 7) is 12.7. The monoisotopic (exact) mass is 228 g/mol. The zero-order valence-corrected chi connectivity index (χ0v) is 11.9. The Bertz CT molecular complexity index is 219. The van der Waals surface area contributed by atoms with Gasteiger partial charge >= 0.3 is 5.97 Å². The SMILES string of the molecule is CCC(=O)OC(C)(CC)CC(C)(CC)CC. The zero-order chi connectivity index (χ0) is 12.8. The number of hydrogen-bond donors (Lipinski definition) is 0. The van der Waals surface area contributed by atoms with E-state index in [-0.39, 0.29) is 17.0 Å². The summed E-state index contributed by atoms with van der Waals surface area (Å²) in [6.07, 6.45) is 4.56. The molecule has 16 heavy (non-hydrogen) atoms. The molecule has 0 aromatic rings. The molecule has 0 N–H and O–H groups in total. The lowest BCUT2D eigenvalue weighted by Gasteiger charge is -2.37. The highest BCUT2D eigenvalue weighted by molar-refractivity contribution is 5.69. The van der Waals surface area contributed by atoms with Crippen molar-refractivity contribution in [1.82, 2.24) is 0 Å². The Kier molecular flexibility index (Phi) is 6.06. The van der Waals surface area contributed by atoms with Crippen LogP contribution in [0.25, 0.3) is 0 Å². The van der Waals surface area contributed by atoms with Crippen LogP contribution in [0.1, 0.15) is 73.6 Å². The van der Waals surface area contributed by atoms with Gasteiger partial charge in [0.2, 0.25) is 0 Å². The van der Waals surface area contributed by atoms with Crippen molar-refractivity contribution in [3.05, 3.63) is 0 Å². The lowest BCUT2D eigenvalue weighted by Crippen LogP contribution is -2.36. The van der Waals surface area contributed by atoms with E-state index in [0.717, 1.165) is 25.7 Å². The van der Waals surface area contributed by atoms with Crippen molar-refractivity contribution < 1.29 is 9.53 Å². The third-order valence-electron chi connectivity index (χ3n) is 3.90. The van der Waals surface area contributed by atoms with Crippen molar-refractivity contribution in [2.75, 3.05) is 0 Å². The first-order valence-corrected chi connectivity index (χ1v) is 6.56. The molecule has 0 aliphatic carbocycles. The lowest BCUT2D eigenvalue weighted by atomic mass is 9.74. The lowest BCUT2D eigenvalue weighted by molar-refractivity contribution is -0.161. The minimum atomic E-state index is -0.298. The Morgan fingerprint density at radius 3 is 1.81 bits per heavy atom. The summed E-state index contributed by atoms with van der Waals surface area (Å²) < 4.78 is 5.60.